The molecule has 1 aromatic heterocycles. The molecule has 0 fully saturated rings. The second-order valence-corrected chi connectivity index (χ2v) is 12.6. The molecule has 25 heavy (non-hydrogen) atoms. The molecule has 0 aliphatic carbocycles. The van der Waals surface area contributed by atoms with E-state index in [9.17, 15) is 4.79 Å². The van der Waals surface area contributed by atoms with E-state index in [0.717, 1.165) is 23.0 Å². The van der Waals surface area contributed by atoms with Crippen molar-refractivity contribution in [1.29, 1.82) is 0 Å². The summed E-state index contributed by atoms with van der Waals surface area (Å²) in [6.45, 7) is 11.7. The van der Waals surface area contributed by atoms with Crippen molar-refractivity contribution >= 4 is 35.6 Å². The highest BCUT2D eigenvalue weighted by Gasteiger charge is 2.15. The topological polar surface area (TPSA) is 48.0 Å². The lowest BCUT2D eigenvalue weighted by molar-refractivity contribution is -0.112. The Hall–Kier alpha value is -2.59. The van der Waals surface area contributed by atoms with Gasteiger partial charge >= 0.3 is 0 Å². The molecule has 0 aliphatic heterocycles. The molecular formula is C21H24N2OSi. The minimum Gasteiger partial charge on any atom is -0.366 e. The van der Waals surface area contributed by atoms with Crippen LogP contribution in [-0.4, -0.2) is 18.5 Å². The van der Waals surface area contributed by atoms with Crippen LogP contribution < -0.4 is 10.9 Å². The Morgan fingerprint density at radius 1 is 1.08 bits per heavy atom. The van der Waals surface area contributed by atoms with Crippen molar-refractivity contribution in [2.75, 3.05) is 0 Å². The molecule has 2 aromatic carbocycles. The molecule has 0 saturated heterocycles. The maximum absolute atomic E-state index is 11.3. The Balaban J connectivity index is 1.87. The summed E-state index contributed by atoms with van der Waals surface area (Å²) in [5.41, 5.74) is 8.86. The van der Waals surface area contributed by atoms with Crippen LogP contribution in [0.1, 0.15) is 11.1 Å². The number of nitrogens with zero attached hydrogens (tertiary/aromatic N) is 1. The second kappa shape index (κ2) is 6.37. The standard InChI is InChI=1S/C21H24N2OSi/c1-15(21(22)24)17-7-10-20-18(13-17)11-12-23(20)14-16-5-8-19(9-6-16)25(2,3)4/h5-13H,1,14H2,2-4H3,(H2,22,24). The number of amides is 1. The van der Waals surface area contributed by atoms with Gasteiger partial charge in [0, 0.05) is 29.2 Å². The Kier molecular flexibility index (Phi) is 4.39. The summed E-state index contributed by atoms with van der Waals surface area (Å²) < 4.78 is 2.22. The zero-order chi connectivity index (χ0) is 18.2. The van der Waals surface area contributed by atoms with Gasteiger partial charge in [-0.1, -0.05) is 61.7 Å². The number of aromatic nitrogens is 1. The SMILES string of the molecule is C=C(C(N)=O)c1ccc2c(ccn2Cc2ccc([Si](C)(C)C)cc2)c1. The third-order valence-electron chi connectivity index (χ3n) is 4.59. The van der Waals surface area contributed by atoms with Gasteiger partial charge in [-0.25, -0.2) is 0 Å². The van der Waals surface area contributed by atoms with Crippen molar-refractivity contribution in [3.63, 3.8) is 0 Å². The van der Waals surface area contributed by atoms with E-state index in [4.69, 9.17) is 5.73 Å². The number of hydrogen-bond acceptors (Lipinski definition) is 1. The molecule has 0 unspecified atom stereocenters. The lowest BCUT2D eigenvalue weighted by Crippen LogP contribution is -2.37. The third kappa shape index (κ3) is 3.59. The van der Waals surface area contributed by atoms with E-state index in [2.05, 4.69) is 67.3 Å². The van der Waals surface area contributed by atoms with Crippen molar-refractivity contribution < 1.29 is 4.79 Å². The van der Waals surface area contributed by atoms with Gasteiger partial charge in [-0.2, -0.15) is 0 Å². The number of hydrogen-bond donors (Lipinski definition) is 1. The predicted molar refractivity (Wildman–Crippen MR) is 109 cm³/mol. The van der Waals surface area contributed by atoms with Crippen LogP contribution in [-0.2, 0) is 11.3 Å². The van der Waals surface area contributed by atoms with Crippen LogP contribution in [0.15, 0.2) is 61.3 Å². The second-order valence-electron chi connectivity index (χ2n) is 7.51. The zero-order valence-electron chi connectivity index (χ0n) is 15.0. The Labute approximate surface area is 149 Å². The highest BCUT2D eigenvalue weighted by atomic mass is 28.3. The lowest BCUT2D eigenvalue weighted by atomic mass is 10.1. The van der Waals surface area contributed by atoms with Crippen LogP contribution in [0.5, 0.6) is 0 Å². The van der Waals surface area contributed by atoms with E-state index < -0.39 is 14.0 Å². The molecular weight excluding hydrogens is 324 g/mol. The van der Waals surface area contributed by atoms with Gasteiger partial charge in [-0.15, -0.1) is 0 Å². The normalized spacial score (nSPS) is 11.6. The number of primary amides is 1. The highest BCUT2D eigenvalue weighted by molar-refractivity contribution is 6.88. The first-order valence-corrected chi connectivity index (χ1v) is 11.9. The maximum Gasteiger partial charge on any atom is 0.248 e. The molecule has 0 bridgehead atoms. The number of nitrogens with two attached hydrogens (primary N) is 1. The number of carbonyl (C=O) groups is 1. The Morgan fingerprint density at radius 3 is 2.36 bits per heavy atom. The first-order chi connectivity index (χ1) is 11.8. The van der Waals surface area contributed by atoms with E-state index in [0.29, 0.717) is 5.57 Å². The van der Waals surface area contributed by atoms with Crippen molar-refractivity contribution in [2.45, 2.75) is 26.2 Å². The van der Waals surface area contributed by atoms with Crippen LogP contribution in [0, 0.1) is 0 Å². The Bertz CT molecular complexity index is 946. The summed E-state index contributed by atoms with van der Waals surface area (Å²) in [6.07, 6.45) is 2.08. The van der Waals surface area contributed by atoms with Crippen molar-refractivity contribution in [3.05, 3.63) is 72.4 Å². The van der Waals surface area contributed by atoms with Gasteiger partial charge in [0.05, 0.1) is 8.07 Å². The van der Waals surface area contributed by atoms with Crippen LogP contribution in [0.3, 0.4) is 0 Å². The molecule has 0 atom stereocenters. The molecule has 128 valence electrons. The van der Waals surface area contributed by atoms with Crippen molar-refractivity contribution in [2.24, 2.45) is 5.73 Å². The molecule has 1 heterocycles. The van der Waals surface area contributed by atoms with Gasteiger partial charge in [-0.05, 0) is 29.3 Å². The fourth-order valence-corrected chi connectivity index (χ4v) is 4.14. The van der Waals surface area contributed by atoms with Crippen LogP contribution in [0.2, 0.25) is 19.6 Å². The summed E-state index contributed by atoms with van der Waals surface area (Å²) in [5, 5.41) is 2.56. The van der Waals surface area contributed by atoms with E-state index in [1.54, 1.807) is 0 Å². The van der Waals surface area contributed by atoms with Gasteiger partial charge in [0.1, 0.15) is 0 Å². The molecule has 1 amide bonds. The summed E-state index contributed by atoms with van der Waals surface area (Å²) >= 11 is 0. The minimum absolute atomic E-state index is 0.344. The van der Waals surface area contributed by atoms with Gasteiger partial charge in [0.25, 0.3) is 0 Å². The summed E-state index contributed by atoms with van der Waals surface area (Å²) in [6, 6.07) is 16.9. The van der Waals surface area contributed by atoms with E-state index >= 15 is 0 Å². The molecule has 2 N–H and O–H groups in total. The zero-order valence-corrected chi connectivity index (χ0v) is 16.0. The molecule has 0 saturated carbocycles. The molecule has 3 aromatic rings. The molecule has 0 spiro atoms. The molecule has 3 nitrogen and oxygen atoms in total. The maximum atomic E-state index is 11.3. The number of fused-ring (bicyclic) bond motifs is 1. The molecule has 0 radical (unpaired) electrons. The van der Waals surface area contributed by atoms with Gasteiger partial charge in [0.15, 0.2) is 0 Å². The van der Waals surface area contributed by atoms with E-state index in [-0.39, 0.29) is 0 Å². The first kappa shape index (κ1) is 17.2. The molecule has 0 aliphatic rings. The fraction of sp³-hybridized carbons (Fsp3) is 0.190. The quantitative estimate of drug-likeness (QED) is 0.554. The van der Waals surface area contributed by atoms with E-state index in [1.807, 2.05) is 18.2 Å². The fourth-order valence-electron chi connectivity index (χ4n) is 2.97. The smallest absolute Gasteiger partial charge is 0.248 e. The van der Waals surface area contributed by atoms with Gasteiger partial charge in [0.2, 0.25) is 5.91 Å². The van der Waals surface area contributed by atoms with E-state index in [1.165, 1.54) is 10.8 Å². The third-order valence-corrected chi connectivity index (χ3v) is 6.66. The molecule has 3 rings (SSSR count). The van der Waals surface area contributed by atoms with Crippen LogP contribution in [0.25, 0.3) is 16.5 Å². The largest absolute Gasteiger partial charge is 0.366 e. The van der Waals surface area contributed by atoms with Gasteiger partial charge < -0.3 is 10.3 Å². The number of carbonyl (C=O) groups excluding carboxylic acids is 1. The van der Waals surface area contributed by atoms with Crippen molar-refractivity contribution in [1.82, 2.24) is 4.57 Å². The lowest BCUT2D eigenvalue weighted by Gasteiger charge is -2.17. The predicted octanol–water partition coefficient (Wildman–Crippen LogP) is 3.73. The average Bonchev–Trinajstić information content (AvgIpc) is 2.96. The summed E-state index contributed by atoms with van der Waals surface area (Å²) in [4.78, 5) is 11.3. The van der Waals surface area contributed by atoms with Crippen molar-refractivity contribution in [3.8, 4) is 0 Å². The average molecular weight is 349 g/mol. The van der Waals surface area contributed by atoms with Crippen LogP contribution >= 0.6 is 0 Å². The molecule has 4 heteroatoms. The summed E-state index contributed by atoms with van der Waals surface area (Å²) in [5.74, 6) is -0.485. The monoisotopic (exact) mass is 348 g/mol. The number of rotatable bonds is 5. The van der Waals surface area contributed by atoms with Crippen LogP contribution in [0.4, 0.5) is 0 Å². The minimum atomic E-state index is -1.26. The summed E-state index contributed by atoms with van der Waals surface area (Å²) in [7, 11) is -1.26. The Morgan fingerprint density at radius 2 is 1.76 bits per heavy atom. The highest BCUT2D eigenvalue weighted by Crippen LogP contribution is 2.22. The van der Waals surface area contributed by atoms with Gasteiger partial charge in [-0.3, -0.25) is 4.79 Å². The first-order valence-electron chi connectivity index (χ1n) is 8.43. The number of benzene rings is 2.